The Labute approximate surface area is 195 Å². The Morgan fingerprint density at radius 1 is 1.09 bits per heavy atom. The van der Waals surface area contributed by atoms with Crippen LogP contribution >= 0.6 is 11.6 Å². The van der Waals surface area contributed by atoms with E-state index in [-0.39, 0.29) is 6.54 Å². The summed E-state index contributed by atoms with van der Waals surface area (Å²) in [7, 11) is -2.27. The van der Waals surface area contributed by atoms with Crippen molar-refractivity contribution in [1.29, 1.82) is 0 Å². The number of anilines is 1. The second-order valence-electron chi connectivity index (χ2n) is 7.32. The summed E-state index contributed by atoms with van der Waals surface area (Å²) in [5, 5.41) is 8.13. The number of benzene rings is 2. The lowest BCUT2D eigenvalue weighted by molar-refractivity contribution is 0.545. The normalized spacial score (nSPS) is 11.7. The van der Waals surface area contributed by atoms with E-state index in [1.807, 2.05) is 32.1 Å². The fraction of sp³-hybridized carbons (Fsp3) is 0.143. The van der Waals surface area contributed by atoms with Crippen molar-refractivity contribution in [2.75, 3.05) is 18.4 Å². The van der Waals surface area contributed by atoms with E-state index in [9.17, 15) is 17.2 Å². The van der Waals surface area contributed by atoms with Crippen LogP contribution in [0.4, 0.5) is 14.6 Å². The standard InChI is InChI=1S/C21H19BClF2N5O2S/c22-15-12-27-30-20(11-18(29-21(15)30)14-4-1-2-5-16(14)23)26-8-3-9-28-33(31,32)19-10-13(24)6-7-17(19)25/h1-2,4-7,10-12,26,28H,3,8-9,22H2. The fourth-order valence-electron chi connectivity index (χ4n) is 3.28. The minimum Gasteiger partial charge on any atom is -0.370 e. The highest BCUT2D eigenvalue weighted by Gasteiger charge is 2.19. The topological polar surface area (TPSA) is 88.4 Å². The number of fused-ring (bicyclic) bond motifs is 1. The maximum atomic E-state index is 13.8. The van der Waals surface area contributed by atoms with Crippen molar-refractivity contribution in [2.24, 2.45) is 0 Å². The molecule has 0 unspecified atom stereocenters. The first-order chi connectivity index (χ1) is 15.8. The predicted molar refractivity (Wildman–Crippen MR) is 126 cm³/mol. The Balaban J connectivity index is 1.46. The van der Waals surface area contributed by atoms with E-state index >= 15 is 0 Å². The van der Waals surface area contributed by atoms with Gasteiger partial charge in [-0.3, -0.25) is 0 Å². The van der Waals surface area contributed by atoms with Crippen molar-refractivity contribution >= 4 is 46.4 Å². The number of aromatic nitrogens is 3. The number of nitrogens with one attached hydrogen (secondary N) is 2. The molecule has 0 saturated heterocycles. The average molecular weight is 490 g/mol. The molecule has 4 aromatic rings. The molecule has 0 amide bonds. The molecule has 0 radical (unpaired) electrons. The number of hydrogen-bond acceptors (Lipinski definition) is 5. The Bertz CT molecular complexity index is 1430. The molecule has 12 heteroatoms. The van der Waals surface area contributed by atoms with Crippen LogP contribution in [0.15, 0.2) is 59.6 Å². The molecule has 0 atom stereocenters. The average Bonchev–Trinajstić information content (AvgIpc) is 3.16. The molecule has 2 N–H and O–H groups in total. The second kappa shape index (κ2) is 9.46. The molecule has 2 heterocycles. The maximum Gasteiger partial charge on any atom is 0.243 e. The van der Waals surface area contributed by atoms with Crippen LogP contribution in [-0.2, 0) is 10.0 Å². The van der Waals surface area contributed by atoms with Gasteiger partial charge in [0, 0.05) is 35.9 Å². The van der Waals surface area contributed by atoms with Crippen molar-refractivity contribution in [1.82, 2.24) is 19.3 Å². The van der Waals surface area contributed by atoms with E-state index in [0.29, 0.717) is 41.2 Å². The molecule has 7 nitrogen and oxygen atoms in total. The Hall–Kier alpha value is -3.02. The van der Waals surface area contributed by atoms with Gasteiger partial charge in [-0.2, -0.15) is 9.61 Å². The minimum atomic E-state index is -4.17. The lowest BCUT2D eigenvalue weighted by Crippen LogP contribution is -2.27. The van der Waals surface area contributed by atoms with Gasteiger partial charge >= 0.3 is 0 Å². The van der Waals surface area contributed by atoms with Crippen LogP contribution in [-0.4, -0.2) is 44.0 Å². The van der Waals surface area contributed by atoms with E-state index in [1.165, 1.54) is 0 Å². The summed E-state index contributed by atoms with van der Waals surface area (Å²) in [5.74, 6) is -1.19. The summed E-state index contributed by atoms with van der Waals surface area (Å²) in [5.41, 5.74) is 2.99. The van der Waals surface area contributed by atoms with E-state index in [2.05, 4.69) is 20.1 Å². The number of nitrogens with zero attached hydrogens (tertiary/aromatic N) is 3. The molecular formula is C21H19BClF2N5O2S. The molecule has 2 aromatic carbocycles. The first-order valence-corrected chi connectivity index (χ1v) is 11.9. The summed E-state index contributed by atoms with van der Waals surface area (Å²) >= 11 is 6.34. The molecule has 2 aromatic heterocycles. The van der Waals surface area contributed by atoms with Crippen LogP contribution in [0.2, 0.25) is 5.02 Å². The smallest absolute Gasteiger partial charge is 0.243 e. The molecular weight excluding hydrogens is 471 g/mol. The molecule has 0 aliphatic rings. The number of halogens is 3. The Kier molecular flexibility index (Phi) is 6.64. The summed E-state index contributed by atoms with van der Waals surface area (Å²) in [6.45, 7) is 0.406. The summed E-state index contributed by atoms with van der Waals surface area (Å²) in [6, 6.07) is 11.5. The van der Waals surface area contributed by atoms with Gasteiger partial charge in [-0.15, -0.1) is 0 Å². The van der Waals surface area contributed by atoms with E-state index in [0.717, 1.165) is 23.2 Å². The zero-order valence-electron chi connectivity index (χ0n) is 17.5. The highest BCUT2D eigenvalue weighted by molar-refractivity contribution is 7.89. The van der Waals surface area contributed by atoms with Crippen molar-refractivity contribution in [3.05, 3.63) is 71.4 Å². The fourth-order valence-corrected chi connectivity index (χ4v) is 4.67. The van der Waals surface area contributed by atoms with Gasteiger partial charge in [0.25, 0.3) is 0 Å². The summed E-state index contributed by atoms with van der Waals surface area (Å²) in [6.07, 6.45) is 2.08. The van der Waals surface area contributed by atoms with Gasteiger partial charge in [0.05, 0.1) is 5.69 Å². The molecule has 170 valence electrons. The van der Waals surface area contributed by atoms with Crippen LogP contribution in [0.1, 0.15) is 6.42 Å². The summed E-state index contributed by atoms with van der Waals surface area (Å²) < 4.78 is 55.6. The largest absolute Gasteiger partial charge is 0.370 e. The van der Waals surface area contributed by atoms with Gasteiger partial charge < -0.3 is 5.32 Å². The maximum absolute atomic E-state index is 13.8. The van der Waals surface area contributed by atoms with Crippen molar-refractivity contribution in [3.63, 3.8) is 0 Å². The van der Waals surface area contributed by atoms with Crippen molar-refractivity contribution < 1.29 is 17.2 Å². The lowest BCUT2D eigenvalue weighted by atomic mass is 10.0. The van der Waals surface area contributed by atoms with Crippen LogP contribution < -0.4 is 15.5 Å². The van der Waals surface area contributed by atoms with Crippen LogP contribution in [0, 0.1) is 11.6 Å². The van der Waals surface area contributed by atoms with E-state index < -0.39 is 26.6 Å². The second-order valence-corrected chi connectivity index (χ2v) is 9.46. The third-order valence-corrected chi connectivity index (χ3v) is 6.74. The SMILES string of the molecule is Bc1cnn2c(NCCCNS(=O)(=O)c3cc(F)ccc3F)cc(-c3ccccc3Cl)nc12. The van der Waals surface area contributed by atoms with Gasteiger partial charge in [0.1, 0.15) is 30.2 Å². The molecule has 0 spiro atoms. The highest BCUT2D eigenvalue weighted by atomic mass is 35.5. The van der Waals surface area contributed by atoms with Gasteiger partial charge in [-0.05, 0) is 36.1 Å². The number of sulfonamides is 1. The summed E-state index contributed by atoms with van der Waals surface area (Å²) in [4.78, 5) is 3.95. The predicted octanol–water partition coefficient (Wildman–Crippen LogP) is 2.37. The molecule has 0 bridgehead atoms. The first-order valence-electron chi connectivity index (χ1n) is 10.0. The van der Waals surface area contributed by atoms with Crippen LogP contribution in [0.25, 0.3) is 16.9 Å². The zero-order valence-corrected chi connectivity index (χ0v) is 19.1. The van der Waals surface area contributed by atoms with E-state index in [1.54, 1.807) is 16.8 Å². The Morgan fingerprint density at radius 3 is 2.67 bits per heavy atom. The third-order valence-electron chi connectivity index (χ3n) is 4.93. The number of rotatable bonds is 8. The van der Waals surface area contributed by atoms with Crippen LogP contribution in [0.5, 0.6) is 0 Å². The molecule has 0 aliphatic carbocycles. The third kappa shape index (κ3) is 5.00. The van der Waals surface area contributed by atoms with Gasteiger partial charge in [-0.1, -0.05) is 29.8 Å². The van der Waals surface area contributed by atoms with Crippen molar-refractivity contribution in [3.8, 4) is 11.3 Å². The zero-order chi connectivity index (χ0) is 23.6. The minimum absolute atomic E-state index is 0.0228. The molecule has 33 heavy (non-hydrogen) atoms. The van der Waals surface area contributed by atoms with Crippen molar-refractivity contribution in [2.45, 2.75) is 11.3 Å². The van der Waals surface area contributed by atoms with Gasteiger partial charge in [0.15, 0.2) is 5.65 Å². The first kappa shape index (κ1) is 23.2. The Morgan fingerprint density at radius 2 is 1.88 bits per heavy atom. The number of hydrogen-bond donors (Lipinski definition) is 2. The quantitative estimate of drug-likeness (QED) is 0.293. The van der Waals surface area contributed by atoms with Gasteiger partial charge in [-0.25, -0.2) is 26.9 Å². The molecule has 0 fully saturated rings. The highest BCUT2D eigenvalue weighted by Crippen LogP contribution is 2.28. The lowest BCUT2D eigenvalue weighted by Gasteiger charge is -2.12. The van der Waals surface area contributed by atoms with Gasteiger partial charge in [0.2, 0.25) is 10.0 Å². The van der Waals surface area contributed by atoms with Crippen LogP contribution in [0.3, 0.4) is 0 Å². The molecule has 0 aliphatic heterocycles. The monoisotopic (exact) mass is 489 g/mol. The molecule has 4 rings (SSSR count). The van der Waals surface area contributed by atoms with E-state index in [4.69, 9.17) is 11.6 Å². The molecule has 0 saturated carbocycles.